The molecule has 10 nitrogen and oxygen atoms in total. The van der Waals surface area contributed by atoms with E-state index in [2.05, 4.69) is 5.32 Å². The molecule has 0 heterocycles. The highest BCUT2D eigenvalue weighted by molar-refractivity contribution is 7.92. The molecule has 2 amide bonds. The highest BCUT2D eigenvalue weighted by Crippen LogP contribution is 2.37. The van der Waals surface area contributed by atoms with Gasteiger partial charge in [-0.25, -0.2) is 12.8 Å². The van der Waals surface area contributed by atoms with E-state index in [1.807, 2.05) is 0 Å². The van der Waals surface area contributed by atoms with Crippen molar-refractivity contribution in [2.45, 2.75) is 62.6 Å². The van der Waals surface area contributed by atoms with Gasteiger partial charge in [0, 0.05) is 23.7 Å². The van der Waals surface area contributed by atoms with Gasteiger partial charge in [-0.1, -0.05) is 43.5 Å². The van der Waals surface area contributed by atoms with Crippen LogP contribution in [0.4, 0.5) is 10.1 Å². The molecule has 4 rings (SSSR count). The summed E-state index contributed by atoms with van der Waals surface area (Å²) in [6.45, 7) is 1.01. The first-order chi connectivity index (χ1) is 22.0. The van der Waals surface area contributed by atoms with Crippen molar-refractivity contribution in [2.24, 2.45) is 0 Å². The second kappa shape index (κ2) is 15.5. The summed E-state index contributed by atoms with van der Waals surface area (Å²) in [4.78, 5) is 29.1. The van der Waals surface area contributed by atoms with E-state index in [9.17, 15) is 22.4 Å². The molecule has 1 aliphatic carbocycles. The number of hydrogen-bond donors (Lipinski definition) is 1. The van der Waals surface area contributed by atoms with Crippen LogP contribution in [0.5, 0.6) is 17.2 Å². The summed E-state index contributed by atoms with van der Waals surface area (Å²) >= 11 is 6.32. The van der Waals surface area contributed by atoms with Crippen LogP contribution in [0.1, 0.15) is 44.6 Å². The first kappa shape index (κ1) is 34.8. The molecule has 13 heteroatoms. The molecule has 0 bridgehead atoms. The van der Waals surface area contributed by atoms with Crippen LogP contribution in [0.2, 0.25) is 5.02 Å². The third-order valence-corrected chi connectivity index (χ3v) is 9.98. The van der Waals surface area contributed by atoms with E-state index in [0.717, 1.165) is 30.0 Å². The summed E-state index contributed by atoms with van der Waals surface area (Å²) in [5, 5.41) is 3.27. The van der Waals surface area contributed by atoms with Crippen LogP contribution in [-0.2, 0) is 26.2 Å². The quantitative estimate of drug-likeness (QED) is 0.238. The van der Waals surface area contributed by atoms with Gasteiger partial charge in [-0.05, 0) is 67.3 Å². The summed E-state index contributed by atoms with van der Waals surface area (Å²) in [6.07, 6.45) is 3.96. The largest absolute Gasteiger partial charge is 0.495 e. The fourth-order valence-electron chi connectivity index (χ4n) is 5.55. The number of amides is 2. The van der Waals surface area contributed by atoms with E-state index in [4.69, 9.17) is 25.8 Å². The Kier molecular flexibility index (Phi) is 11.7. The van der Waals surface area contributed by atoms with Gasteiger partial charge >= 0.3 is 0 Å². The number of carbonyl (C=O) groups excluding carboxylic acids is 2. The number of halogens is 2. The average Bonchev–Trinajstić information content (AvgIpc) is 3.56. The third kappa shape index (κ3) is 8.03. The number of nitrogens with one attached hydrogen (secondary N) is 1. The molecule has 0 spiro atoms. The van der Waals surface area contributed by atoms with E-state index in [0.29, 0.717) is 11.3 Å². The van der Waals surface area contributed by atoms with Crippen LogP contribution in [0.15, 0.2) is 65.6 Å². The topological polar surface area (TPSA) is 114 Å². The van der Waals surface area contributed by atoms with Crippen molar-refractivity contribution >= 4 is 39.1 Å². The second-order valence-electron chi connectivity index (χ2n) is 10.9. The van der Waals surface area contributed by atoms with Crippen molar-refractivity contribution in [3.05, 3.63) is 77.1 Å². The SMILES string of the molecule is CC[C@@H](C(=O)NC1CCCC1)N(Cc1ccc(F)cc1)C(=O)CN(c1cc(Cl)ccc1OC)S(=O)(=O)c1ccc(OC)c(OC)c1. The molecule has 1 N–H and O–H groups in total. The molecule has 1 atom stereocenters. The standard InChI is InChI=1S/C33H39ClFN3O7S/c1-5-27(33(40)36-25-8-6-7-9-25)37(20-22-10-13-24(35)14-11-22)32(39)21-38(28-18-23(34)12-16-29(28)43-2)46(41,42)26-15-17-30(44-3)31(19-26)45-4/h10-19,25,27H,5-9,20-21H2,1-4H3,(H,36,40)/t27-/m0/s1. The lowest BCUT2D eigenvalue weighted by Gasteiger charge is -2.34. The number of benzene rings is 3. The van der Waals surface area contributed by atoms with Crippen LogP contribution in [0.25, 0.3) is 0 Å². The highest BCUT2D eigenvalue weighted by atomic mass is 35.5. The monoisotopic (exact) mass is 675 g/mol. The van der Waals surface area contributed by atoms with Gasteiger partial charge in [-0.15, -0.1) is 0 Å². The number of nitrogens with zero attached hydrogens (tertiary/aromatic N) is 2. The smallest absolute Gasteiger partial charge is 0.265 e. The zero-order valence-corrected chi connectivity index (χ0v) is 27.9. The predicted octanol–water partition coefficient (Wildman–Crippen LogP) is 5.57. The van der Waals surface area contributed by atoms with Crippen LogP contribution in [0, 0.1) is 5.82 Å². The Bertz CT molecular complexity index is 1630. The first-order valence-corrected chi connectivity index (χ1v) is 16.8. The molecular weight excluding hydrogens is 637 g/mol. The molecule has 3 aromatic rings. The Labute approximate surface area is 274 Å². The molecule has 0 saturated heterocycles. The lowest BCUT2D eigenvalue weighted by molar-refractivity contribution is -0.140. The lowest BCUT2D eigenvalue weighted by atomic mass is 10.1. The van der Waals surface area contributed by atoms with Crippen molar-refractivity contribution in [2.75, 3.05) is 32.2 Å². The number of rotatable bonds is 14. The predicted molar refractivity (Wildman–Crippen MR) is 174 cm³/mol. The molecule has 0 radical (unpaired) electrons. The number of sulfonamides is 1. The Hall–Kier alpha value is -4.03. The molecule has 1 fully saturated rings. The van der Waals surface area contributed by atoms with Gasteiger partial charge in [0.15, 0.2) is 11.5 Å². The minimum atomic E-state index is -4.48. The van der Waals surface area contributed by atoms with Gasteiger partial charge in [-0.2, -0.15) is 0 Å². The van der Waals surface area contributed by atoms with E-state index in [1.165, 1.54) is 86.9 Å². The number of anilines is 1. The van der Waals surface area contributed by atoms with Gasteiger partial charge in [0.2, 0.25) is 11.8 Å². The zero-order valence-electron chi connectivity index (χ0n) is 26.3. The molecular formula is C33H39ClFN3O7S. The summed E-state index contributed by atoms with van der Waals surface area (Å²) in [6, 6.07) is 13.2. The van der Waals surface area contributed by atoms with Crippen LogP contribution < -0.4 is 23.8 Å². The highest BCUT2D eigenvalue weighted by Gasteiger charge is 2.36. The van der Waals surface area contributed by atoms with Gasteiger partial charge in [0.1, 0.15) is 24.2 Å². The lowest BCUT2D eigenvalue weighted by Crippen LogP contribution is -2.53. The maximum Gasteiger partial charge on any atom is 0.265 e. The Morgan fingerprint density at radius 3 is 2.17 bits per heavy atom. The van der Waals surface area contributed by atoms with Crippen molar-refractivity contribution in [1.29, 1.82) is 0 Å². The normalized spacial score (nSPS) is 14.0. The van der Waals surface area contributed by atoms with Crippen molar-refractivity contribution in [3.8, 4) is 17.2 Å². The molecule has 248 valence electrons. The Morgan fingerprint density at radius 1 is 0.935 bits per heavy atom. The fraction of sp³-hybridized carbons (Fsp3) is 0.394. The molecule has 46 heavy (non-hydrogen) atoms. The molecule has 0 aliphatic heterocycles. The Balaban J connectivity index is 1.80. The van der Waals surface area contributed by atoms with E-state index < -0.39 is 34.3 Å². The maximum atomic E-state index is 14.4. The van der Waals surface area contributed by atoms with Crippen LogP contribution in [0.3, 0.4) is 0 Å². The fourth-order valence-corrected chi connectivity index (χ4v) is 7.15. The minimum Gasteiger partial charge on any atom is -0.495 e. The van der Waals surface area contributed by atoms with Gasteiger partial charge in [-0.3, -0.25) is 13.9 Å². The average molecular weight is 676 g/mol. The summed E-state index contributed by atoms with van der Waals surface area (Å²) in [5.74, 6) is -0.817. The molecule has 0 unspecified atom stereocenters. The third-order valence-electron chi connectivity index (χ3n) is 7.99. The van der Waals surface area contributed by atoms with Crippen molar-refractivity contribution < 1.29 is 36.6 Å². The maximum absolute atomic E-state index is 14.4. The summed E-state index contributed by atoms with van der Waals surface area (Å²) in [7, 11) is -0.299. The van der Waals surface area contributed by atoms with Gasteiger partial charge < -0.3 is 24.4 Å². The van der Waals surface area contributed by atoms with Crippen LogP contribution in [-0.4, -0.2) is 65.1 Å². The molecule has 3 aromatic carbocycles. The number of ether oxygens (including phenoxy) is 3. The van der Waals surface area contributed by atoms with Crippen molar-refractivity contribution in [1.82, 2.24) is 10.2 Å². The number of carbonyl (C=O) groups is 2. The molecule has 1 saturated carbocycles. The summed E-state index contributed by atoms with van der Waals surface area (Å²) in [5.41, 5.74) is 0.583. The first-order valence-electron chi connectivity index (χ1n) is 14.9. The molecule has 1 aliphatic rings. The Morgan fingerprint density at radius 2 is 1.57 bits per heavy atom. The van der Waals surface area contributed by atoms with E-state index in [-0.39, 0.29) is 52.0 Å². The number of hydrogen-bond acceptors (Lipinski definition) is 7. The molecule has 0 aromatic heterocycles. The van der Waals surface area contributed by atoms with E-state index in [1.54, 1.807) is 6.92 Å². The van der Waals surface area contributed by atoms with Gasteiger partial charge in [0.05, 0.1) is 31.9 Å². The van der Waals surface area contributed by atoms with E-state index >= 15 is 0 Å². The second-order valence-corrected chi connectivity index (χ2v) is 13.2. The van der Waals surface area contributed by atoms with Crippen molar-refractivity contribution in [3.63, 3.8) is 0 Å². The number of methoxy groups -OCH3 is 3. The van der Waals surface area contributed by atoms with Crippen LogP contribution >= 0.6 is 11.6 Å². The zero-order chi connectivity index (χ0) is 33.4. The summed E-state index contributed by atoms with van der Waals surface area (Å²) < 4.78 is 59.5. The van der Waals surface area contributed by atoms with Gasteiger partial charge in [0.25, 0.3) is 10.0 Å². The minimum absolute atomic E-state index is 0.00183.